The van der Waals surface area contributed by atoms with Gasteiger partial charge < -0.3 is 5.32 Å². The molecule has 166 valence electrons. The van der Waals surface area contributed by atoms with Gasteiger partial charge in [0.15, 0.2) is 0 Å². The summed E-state index contributed by atoms with van der Waals surface area (Å²) in [5.41, 5.74) is 2.30. The zero-order chi connectivity index (χ0) is 21.9. The zero-order valence-corrected chi connectivity index (χ0v) is 20.0. The van der Waals surface area contributed by atoms with Crippen molar-refractivity contribution in [3.63, 3.8) is 0 Å². The fourth-order valence-corrected chi connectivity index (χ4v) is 4.85. The minimum absolute atomic E-state index is 0.0292. The van der Waals surface area contributed by atoms with Crippen LogP contribution in [0, 0.1) is 0 Å². The number of carbonyl (C=O) groups excluding carboxylic acids is 1. The average molecular weight is 457 g/mol. The molecule has 31 heavy (non-hydrogen) atoms. The van der Waals surface area contributed by atoms with Crippen LogP contribution in [0.4, 0.5) is 0 Å². The summed E-state index contributed by atoms with van der Waals surface area (Å²) in [6.45, 7) is 2.97. The van der Waals surface area contributed by atoms with Crippen molar-refractivity contribution in [3.05, 3.63) is 52.4 Å². The number of unbranched alkanes of at least 4 members (excludes halogenated alkanes) is 9. The van der Waals surface area contributed by atoms with Crippen LogP contribution in [0.1, 0.15) is 81.5 Å². The van der Waals surface area contributed by atoms with Crippen molar-refractivity contribution in [2.45, 2.75) is 71.1 Å². The molecule has 3 rings (SSSR count). The number of nitrogens with one attached hydrogen (secondary N) is 1. The Hall–Kier alpha value is -1.91. The molecule has 0 spiro atoms. The molecule has 0 aliphatic rings. The molecule has 0 aliphatic carbocycles. The van der Waals surface area contributed by atoms with Crippen LogP contribution in [0.25, 0.3) is 21.5 Å². The number of pyridine rings is 1. The Morgan fingerprint density at radius 1 is 0.935 bits per heavy atom. The number of hydrogen-bond donors (Lipinski definition) is 1. The van der Waals surface area contributed by atoms with E-state index in [1.807, 2.05) is 42.5 Å². The molecule has 2 aromatic heterocycles. The summed E-state index contributed by atoms with van der Waals surface area (Å²) in [5, 5.41) is 3.99. The molecule has 0 saturated carbocycles. The van der Waals surface area contributed by atoms with Crippen molar-refractivity contribution in [3.8, 4) is 10.6 Å². The third-order valence-corrected chi connectivity index (χ3v) is 6.86. The van der Waals surface area contributed by atoms with E-state index in [2.05, 4.69) is 12.2 Å². The summed E-state index contributed by atoms with van der Waals surface area (Å²) in [4.78, 5) is 18.7. The number of para-hydroxylation sites is 1. The van der Waals surface area contributed by atoms with E-state index in [0.29, 0.717) is 12.1 Å². The number of aromatic nitrogens is 1. The number of rotatable bonds is 13. The predicted molar refractivity (Wildman–Crippen MR) is 134 cm³/mol. The molecule has 1 N–H and O–H groups in total. The van der Waals surface area contributed by atoms with E-state index in [4.69, 9.17) is 16.6 Å². The molecule has 0 atom stereocenters. The van der Waals surface area contributed by atoms with E-state index < -0.39 is 0 Å². The third-order valence-electron chi connectivity index (χ3n) is 5.60. The lowest BCUT2D eigenvalue weighted by atomic mass is 10.1. The normalized spacial score (nSPS) is 11.2. The number of fused-ring (bicyclic) bond motifs is 1. The van der Waals surface area contributed by atoms with Crippen molar-refractivity contribution in [2.24, 2.45) is 0 Å². The molecule has 0 bridgehead atoms. The van der Waals surface area contributed by atoms with Gasteiger partial charge in [-0.05, 0) is 30.7 Å². The van der Waals surface area contributed by atoms with Crippen LogP contribution in [0.2, 0.25) is 4.34 Å². The molecule has 0 radical (unpaired) electrons. The van der Waals surface area contributed by atoms with Crippen LogP contribution in [-0.2, 0) is 0 Å². The van der Waals surface area contributed by atoms with E-state index in [-0.39, 0.29) is 5.91 Å². The highest BCUT2D eigenvalue weighted by Crippen LogP contribution is 2.32. The minimum atomic E-state index is -0.0292. The molecular weight excluding hydrogens is 424 g/mol. The number of halogens is 1. The average Bonchev–Trinajstić information content (AvgIpc) is 3.23. The fraction of sp³-hybridized carbons (Fsp3) is 0.462. The molecule has 1 amide bonds. The van der Waals surface area contributed by atoms with Crippen molar-refractivity contribution in [1.29, 1.82) is 0 Å². The summed E-state index contributed by atoms with van der Waals surface area (Å²) in [6, 6.07) is 13.5. The van der Waals surface area contributed by atoms with Gasteiger partial charge in [-0.3, -0.25) is 4.79 Å². The Kier molecular flexibility index (Phi) is 9.83. The number of thiophene rings is 1. The van der Waals surface area contributed by atoms with Gasteiger partial charge >= 0.3 is 0 Å². The second-order valence-electron chi connectivity index (χ2n) is 8.11. The van der Waals surface area contributed by atoms with Crippen LogP contribution in [-0.4, -0.2) is 17.4 Å². The number of benzene rings is 1. The maximum Gasteiger partial charge on any atom is 0.252 e. The first-order valence-electron chi connectivity index (χ1n) is 11.6. The lowest BCUT2D eigenvalue weighted by Gasteiger charge is -2.10. The Morgan fingerprint density at radius 3 is 2.29 bits per heavy atom. The van der Waals surface area contributed by atoms with Crippen molar-refractivity contribution in [2.75, 3.05) is 6.54 Å². The molecular formula is C26H33ClN2OS. The first kappa shape index (κ1) is 23.7. The largest absolute Gasteiger partial charge is 0.352 e. The van der Waals surface area contributed by atoms with E-state index in [1.54, 1.807) is 0 Å². The van der Waals surface area contributed by atoms with Crippen molar-refractivity contribution < 1.29 is 4.79 Å². The van der Waals surface area contributed by atoms with Crippen LogP contribution in [0.5, 0.6) is 0 Å². The van der Waals surface area contributed by atoms with Crippen LogP contribution in [0.3, 0.4) is 0 Å². The lowest BCUT2D eigenvalue weighted by Crippen LogP contribution is -2.24. The van der Waals surface area contributed by atoms with Gasteiger partial charge in [0.05, 0.1) is 26.0 Å². The van der Waals surface area contributed by atoms with E-state index in [9.17, 15) is 4.79 Å². The summed E-state index contributed by atoms with van der Waals surface area (Å²) in [5.74, 6) is -0.0292. The van der Waals surface area contributed by atoms with Crippen LogP contribution < -0.4 is 5.32 Å². The monoisotopic (exact) mass is 456 g/mol. The van der Waals surface area contributed by atoms with Gasteiger partial charge in [-0.2, -0.15) is 0 Å². The number of amides is 1. The fourth-order valence-electron chi connectivity index (χ4n) is 3.85. The molecule has 3 nitrogen and oxygen atoms in total. The molecule has 0 aliphatic heterocycles. The van der Waals surface area contributed by atoms with E-state index in [0.717, 1.165) is 32.2 Å². The van der Waals surface area contributed by atoms with Gasteiger partial charge in [0.2, 0.25) is 0 Å². The Balaban J connectivity index is 1.49. The first-order chi connectivity index (χ1) is 15.2. The maximum atomic E-state index is 12.9. The van der Waals surface area contributed by atoms with Gasteiger partial charge in [0.25, 0.3) is 5.91 Å². The SMILES string of the molecule is CCCCCCCCCCCCNC(=O)c1cc(-c2ccc(Cl)s2)nc2ccccc12. The highest BCUT2D eigenvalue weighted by atomic mass is 35.5. The number of hydrogen-bond acceptors (Lipinski definition) is 3. The summed E-state index contributed by atoms with van der Waals surface area (Å²) in [7, 11) is 0. The maximum absolute atomic E-state index is 12.9. The first-order valence-corrected chi connectivity index (χ1v) is 12.8. The molecule has 0 unspecified atom stereocenters. The highest BCUT2D eigenvalue weighted by Gasteiger charge is 2.14. The Bertz CT molecular complexity index is 969. The second kappa shape index (κ2) is 12.8. The topological polar surface area (TPSA) is 42.0 Å². The van der Waals surface area contributed by atoms with Gasteiger partial charge in [0.1, 0.15) is 0 Å². The number of carbonyl (C=O) groups is 1. The highest BCUT2D eigenvalue weighted by molar-refractivity contribution is 7.19. The molecule has 0 saturated heterocycles. The Labute approximate surface area is 195 Å². The Morgan fingerprint density at radius 2 is 1.61 bits per heavy atom. The van der Waals surface area contributed by atoms with Gasteiger partial charge in [0, 0.05) is 11.9 Å². The summed E-state index contributed by atoms with van der Waals surface area (Å²) in [6.07, 6.45) is 12.9. The molecule has 0 fully saturated rings. The summed E-state index contributed by atoms with van der Waals surface area (Å²) < 4.78 is 0.719. The minimum Gasteiger partial charge on any atom is -0.352 e. The van der Waals surface area contributed by atoms with E-state index >= 15 is 0 Å². The lowest BCUT2D eigenvalue weighted by molar-refractivity contribution is 0.0954. The second-order valence-corrected chi connectivity index (χ2v) is 9.83. The smallest absolute Gasteiger partial charge is 0.252 e. The molecule has 3 aromatic rings. The van der Waals surface area contributed by atoms with Crippen LogP contribution in [0.15, 0.2) is 42.5 Å². The predicted octanol–water partition coefficient (Wildman–Crippen LogP) is 8.27. The summed E-state index contributed by atoms with van der Waals surface area (Å²) >= 11 is 7.58. The molecule has 1 aromatic carbocycles. The van der Waals surface area contributed by atoms with Crippen molar-refractivity contribution in [1.82, 2.24) is 10.3 Å². The van der Waals surface area contributed by atoms with Gasteiger partial charge in [-0.15, -0.1) is 11.3 Å². The van der Waals surface area contributed by atoms with E-state index in [1.165, 1.54) is 69.1 Å². The number of nitrogens with zero attached hydrogens (tertiary/aromatic N) is 1. The third kappa shape index (κ3) is 7.33. The van der Waals surface area contributed by atoms with Crippen molar-refractivity contribution >= 4 is 39.7 Å². The van der Waals surface area contributed by atoms with Gasteiger partial charge in [-0.25, -0.2) is 4.98 Å². The molecule has 2 heterocycles. The quantitative estimate of drug-likeness (QED) is 0.263. The molecule has 5 heteroatoms. The van der Waals surface area contributed by atoms with Crippen LogP contribution >= 0.6 is 22.9 Å². The zero-order valence-electron chi connectivity index (χ0n) is 18.5. The standard InChI is InChI=1S/C26H33ClN2OS/c1-2-3-4-5-6-7-8-9-10-13-18-28-26(30)21-19-23(24-16-17-25(27)31-24)29-22-15-12-11-14-20(21)22/h11-12,14-17,19H,2-10,13,18H2,1H3,(H,28,30). The van der Waals surface area contributed by atoms with Gasteiger partial charge in [-0.1, -0.05) is 94.5 Å².